The third-order valence-corrected chi connectivity index (χ3v) is 2.57. The van der Waals surface area contributed by atoms with E-state index in [4.69, 9.17) is 0 Å². The lowest BCUT2D eigenvalue weighted by molar-refractivity contribution is 0.0951. The highest BCUT2D eigenvalue weighted by atomic mass is 16.1. The minimum absolute atomic E-state index is 0.0947. The van der Waals surface area contributed by atoms with Crippen molar-refractivity contribution < 1.29 is 4.79 Å². The Kier molecular flexibility index (Phi) is 4.50. The molecule has 1 N–H and O–H groups in total. The van der Waals surface area contributed by atoms with Crippen molar-refractivity contribution >= 4 is 5.78 Å². The van der Waals surface area contributed by atoms with Crippen molar-refractivity contribution in [1.29, 1.82) is 0 Å². The molecule has 0 saturated heterocycles. The van der Waals surface area contributed by atoms with Gasteiger partial charge in [0.2, 0.25) is 0 Å². The van der Waals surface area contributed by atoms with Gasteiger partial charge in [-0.1, -0.05) is 38.1 Å². The molecular weight excluding hydrogens is 186 g/mol. The second kappa shape index (κ2) is 5.66. The van der Waals surface area contributed by atoms with Gasteiger partial charge in [0.25, 0.3) is 0 Å². The first-order chi connectivity index (χ1) is 7.20. The molecule has 1 atom stereocenters. The van der Waals surface area contributed by atoms with E-state index in [1.807, 2.05) is 38.1 Å². The Morgan fingerprint density at radius 2 is 2.00 bits per heavy atom. The first kappa shape index (κ1) is 11.9. The molecule has 0 aliphatic rings. The number of aryl methyl sites for hydroxylation is 1. The number of Topliss-reactive ketones (excluding diaryl/α,β-unsaturated/α-hetero) is 1. The summed E-state index contributed by atoms with van der Waals surface area (Å²) in [6, 6.07) is 7.74. The van der Waals surface area contributed by atoms with Crippen LogP contribution in [0.25, 0.3) is 0 Å². The minimum Gasteiger partial charge on any atom is -0.308 e. The highest BCUT2D eigenvalue weighted by Crippen LogP contribution is 2.11. The van der Waals surface area contributed by atoms with Crippen molar-refractivity contribution in [2.75, 3.05) is 6.54 Å². The van der Waals surface area contributed by atoms with Crippen molar-refractivity contribution in [3.8, 4) is 0 Å². The molecular formula is C13H19NO. The smallest absolute Gasteiger partial charge is 0.179 e. The van der Waals surface area contributed by atoms with E-state index in [-0.39, 0.29) is 11.8 Å². The summed E-state index contributed by atoms with van der Waals surface area (Å²) >= 11 is 0. The van der Waals surface area contributed by atoms with Crippen molar-refractivity contribution in [2.24, 2.45) is 0 Å². The molecule has 0 amide bonds. The maximum absolute atomic E-state index is 12.1. The van der Waals surface area contributed by atoms with Crippen molar-refractivity contribution in [3.63, 3.8) is 0 Å². The van der Waals surface area contributed by atoms with Gasteiger partial charge in [0.1, 0.15) is 0 Å². The van der Waals surface area contributed by atoms with Crippen LogP contribution in [0.15, 0.2) is 24.3 Å². The van der Waals surface area contributed by atoms with Gasteiger partial charge < -0.3 is 5.32 Å². The van der Waals surface area contributed by atoms with Crippen molar-refractivity contribution in [1.82, 2.24) is 5.32 Å². The lowest BCUT2D eigenvalue weighted by atomic mass is 9.98. The summed E-state index contributed by atoms with van der Waals surface area (Å²) in [6.45, 7) is 6.82. The summed E-state index contributed by atoms with van der Waals surface area (Å²) in [5.74, 6) is 0.189. The van der Waals surface area contributed by atoms with Crippen LogP contribution in [0.3, 0.4) is 0 Å². The van der Waals surface area contributed by atoms with E-state index < -0.39 is 0 Å². The maximum Gasteiger partial charge on any atom is 0.179 e. The number of benzene rings is 1. The Balaban J connectivity index is 2.90. The van der Waals surface area contributed by atoms with E-state index in [9.17, 15) is 4.79 Å². The van der Waals surface area contributed by atoms with Crippen LogP contribution in [0.4, 0.5) is 0 Å². The van der Waals surface area contributed by atoms with Crippen LogP contribution in [-0.4, -0.2) is 18.4 Å². The van der Waals surface area contributed by atoms with Gasteiger partial charge in [-0.3, -0.25) is 4.79 Å². The Morgan fingerprint density at radius 1 is 1.33 bits per heavy atom. The zero-order valence-electron chi connectivity index (χ0n) is 9.71. The van der Waals surface area contributed by atoms with Gasteiger partial charge >= 0.3 is 0 Å². The summed E-state index contributed by atoms with van der Waals surface area (Å²) in [5.41, 5.74) is 1.99. The Morgan fingerprint density at radius 3 is 2.60 bits per heavy atom. The van der Waals surface area contributed by atoms with Crippen LogP contribution in [-0.2, 0) is 6.42 Å². The number of likely N-dealkylation sites (N-methyl/N-ethyl adjacent to an activating group) is 1. The molecule has 15 heavy (non-hydrogen) atoms. The molecule has 2 heteroatoms. The number of carbonyl (C=O) groups is 1. The standard InChI is InChI=1S/C13H19NO/c1-4-11-8-6-7-9-12(11)13(15)10(3)14-5-2/h6-10,14H,4-5H2,1-3H3/t10-/m0/s1. The first-order valence-electron chi connectivity index (χ1n) is 5.56. The normalized spacial score (nSPS) is 12.5. The molecule has 0 bridgehead atoms. The number of carbonyl (C=O) groups excluding carboxylic acids is 1. The number of hydrogen-bond acceptors (Lipinski definition) is 2. The SMILES string of the molecule is CCN[C@@H](C)C(=O)c1ccccc1CC. The highest BCUT2D eigenvalue weighted by Gasteiger charge is 2.15. The fraction of sp³-hybridized carbons (Fsp3) is 0.462. The predicted molar refractivity (Wildman–Crippen MR) is 63.3 cm³/mol. The van der Waals surface area contributed by atoms with Crippen molar-refractivity contribution in [3.05, 3.63) is 35.4 Å². The van der Waals surface area contributed by atoms with Crippen LogP contribution >= 0.6 is 0 Å². The van der Waals surface area contributed by atoms with E-state index in [2.05, 4.69) is 12.2 Å². The minimum atomic E-state index is -0.0947. The van der Waals surface area contributed by atoms with Gasteiger partial charge in [0, 0.05) is 5.56 Å². The van der Waals surface area contributed by atoms with Crippen molar-refractivity contribution in [2.45, 2.75) is 33.2 Å². The van der Waals surface area contributed by atoms with Gasteiger partial charge in [-0.05, 0) is 25.5 Å². The monoisotopic (exact) mass is 205 g/mol. The molecule has 82 valence electrons. The van der Waals surface area contributed by atoms with E-state index >= 15 is 0 Å². The fourth-order valence-corrected chi connectivity index (χ4v) is 1.70. The lowest BCUT2D eigenvalue weighted by Gasteiger charge is -2.13. The summed E-state index contributed by atoms with van der Waals surface area (Å²) in [7, 11) is 0. The average Bonchev–Trinajstić information content (AvgIpc) is 2.28. The number of nitrogens with one attached hydrogen (secondary N) is 1. The third kappa shape index (κ3) is 2.90. The quantitative estimate of drug-likeness (QED) is 0.748. The molecule has 0 saturated carbocycles. The average molecular weight is 205 g/mol. The largest absolute Gasteiger partial charge is 0.308 e. The van der Waals surface area contributed by atoms with Gasteiger partial charge in [-0.15, -0.1) is 0 Å². The summed E-state index contributed by atoms with van der Waals surface area (Å²) in [5, 5.41) is 3.15. The number of ketones is 1. The summed E-state index contributed by atoms with van der Waals surface area (Å²) in [6.07, 6.45) is 0.904. The topological polar surface area (TPSA) is 29.1 Å². The highest BCUT2D eigenvalue weighted by molar-refractivity contribution is 6.01. The zero-order valence-corrected chi connectivity index (χ0v) is 9.71. The molecule has 0 spiro atoms. The maximum atomic E-state index is 12.1. The Bertz CT molecular complexity index is 333. The molecule has 0 fully saturated rings. The van der Waals surface area contributed by atoms with E-state index in [1.54, 1.807) is 0 Å². The molecule has 0 aromatic heterocycles. The third-order valence-electron chi connectivity index (χ3n) is 2.57. The molecule has 0 unspecified atom stereocenters. The predicted octanol–water partition coefficient (Wildman–Crippen LogP) is 2.43. The molecule has 1 rings (SSSR count). The molecule has 0 aliphatic carbocycles. The summed E-state index contributed by atoms with van der Waals surface area (Å²) < 4.78 is 0. The van der Waals surface area contributed by atoms with Crippen LogP contribution < -0.4 is 5.32 Å². The molecule has 1 aromatic rings. The molecule has 0 heterocycles. The van der Waals surface area contributed by atoms with Gasteiger partial charge in [0.05, 0.1) is 6.04 Å². The zero-order chi connectivity index (χ0) is 11.3. The van der Waals surface area contributed by atoms with Crippen LogP contribution in [0, 0.1) is 0 Å². The van der Waals surface area contributed by atoms with E-state index in [1.165, 1.54) is 0 Å². The molecule has 0 aliphatic heterocycles. The second-order valence-electron chi connectivity index (χ2n) is 3.65. The number of hydrogen-bond donors (Lipinski definition) is 1. The van der Waals surface area contributed by atoms with Crippen LogP contribution in [0.1, 0.15) is 36.7 Å². The van der Waals surface area contributed by atoms with Gasteiger partial charge in [0.15, 0.2) is 5.78 Å². The second-order valence-corrected chi connectivity index (χ2v) is 3.65. The van der Waals surface area contributed by atoms with Crippen LogP contribution in [0.2, 0.25) is 0 Å². The van der Waals surface area contributed by atoms with Gasteiger partial charge in [-0.2, -0.15) is 0 Å². The molecule has 2 nitrogen and oxygen atoms in total. The Labute approximate surface area is 91.7 Å². The Hall–Kier alpha value is -1.15. The van der Waals surface area contributed by atoms with Crippen LogP contribution in [0.5, 0.6) is 0 Å². The summed E-state index contributed by atoms with van der Waals surface area (Å²) in [4.78, 5) is 12.1. The van der Waals surface area contributed by atoms with Gasteiger partial charge in [-0.25, -0.2) is 0 Å². The fourth-order valence-electron chi connectivity index (χ4n) is 1.70. The lowest BCUT2D eigenvalue weighted by Crippen LogP contribution is -2.34. The number of rotatable bonds is 5. The first-order valence-corrected chi connectivity index (χ1v) is 5.56. The molecule has 1 aromatic carbocycles. The van der Waals surface area contributed by atoms with E-state index in [0.29, 0.717) is 0 Å². The molecule has 0 radical (unpaired) electrons. The van der Waals surface area contributed by atoms with E-state index in [0.717, 1.165) is 24.1 Å².